The van der Waals surface area contributed by atoms with Crippen LogP contribution in [-0.4, -0.2) is 28.7 Å². The van der Waals surface area contributed by atoms with Crippen molar-refractivity contribution in [3.8, 4) is 11.3 Å². The van der Waals surface area contributed by atoms with Crippen molar-refractivity contribution in [2.75, 3.05) is 13.1 Å². The van der Waals surface area contributed by atoms with Gasteiger partial charge in [-0.15, -0.1) is 0 Å². The average Bonchev–Trinajstić information content (AvgIpc) is 2.83. The van der Waals surface area contributed by atoms with Crippen molar-refractivity contribution in [1.82, 2.24) is 4.90 Å². The number of aryl methyl sites for hydroxylation is 1. The molecule has 1 fully saturated rings. The van der Waals surface area contributed by atoms with E-state index in [1.807, 2.05) is 26.0 Å². The highest BCUT2D eigenvalue weighted by atomic mass is 16.3. The first-order valence-electron chi connectivity index (χ1n) is 8.13. The molecule has 0 saturated carbocycles. The molecule has 1 aliphatic rings. The van der Waals surface area contributed by atoms with E-state index in [0.717, 1.165) is 50.4 Å². The van der Waals surface area contributed by atoms with Gasteiger partial charge < -0.3 is 9.52 Å². The van der Waals surface area contributed by atoms with Gasteiger partial charge in [0.1, 0.15) is 11.5 Å². The summed E-state index contributed by atoms with van der Waals surface area (Å²) < 4.78 is 5.80. The van der Waals surface area contributed by atoms with Gasteiger partial charge in [-0.25, -0.2) is 0 Å². The molecule has 3 heteroatoms. The Morgan fingerprint density at radius 1 is 1.14 bits per heavy atom. The Balaban J connectivity index is 1.78. The van der Waals surface area contributed by atoms with Crippen molar-refractivity contribution in [3.05, 3.63) is 47.7 Å². The second-order valence-corrected chi connectivity index (χ2v) is 6.69. The van der Waals surface area contributed by atoms with Crippen LogP contribution in [0.15, 0.2) is 40.8 Å². The van der Waals surface area contributed by atoms with E-state index in [4.69, 9.17) is 4.42 Å². The minimum absolute atomic E-state index is 0.508. The molecule has 3 rings (SSSR count). The third kappa shape index (κ3) is 3.60. The molecule has 1 aromatic carbocycles. The van der Waals surface area contributed by atoms with E-state index in [9.17, 15) is 5.11 Å². The first kappa shape index (κ1) is 15.3. The van der Waals surface area contributed by atoms with Crippen molar-refractivity contribution < 1.29 is 9.52 Å². The number of rotatable bonds is 3. The summed E-state index contributed by atoms with van der Waals surface area (Å²) in [4.78, 5) is 2.44. The van der Waals surface area contributed by atoms with Crippen LogP contribution in [0.5, 0.6) is 0 Å². The SMILES string of the molecule is Cc1ccc(-c2ccccc2CN2CCCC(C)(O)CC2)o1. The lowest BCUT2D eigenvalue weighted by molar-refractivity contribution is 0.0444. The van der Waals surface area contributed by atoms with Gasteiger partial charge in [0.15, 0.2) is 0 Å². The van der Waals surface area contributed by atoms with Crippen molar-refractivity contribution in [3.63, 3.8) is 0 Å². The summed E-state index contributed by atoms with van der Waals surface area (Å²) in [6.07, 6.45) is 2.78. The maximum absolute atomic E-state index is 10.2. The van der Waals surface area contributed by atoms with Crippen LogP contribution in [0.3, 0.4) is 0 Å². The fourth-order valence-electron chi connectivity index (χ4n) is 3.20. The van der Waals surface area contributed by atoms with Crippen molar-refractivity contribution >= 4 is 0 Å². The van der Waals surface area contributed by atoms with Gasteiger partial charge >= 0.3 is 0 Å². The Morgan fingerprint density at radius 3 is 2.73 bits per heavy atom. The maximum atomic E-state index is 10.2. The van der Waals surface area contributed by atoms with E-state index in [-0.39, 0.29) is 0 Å². The molecule has 1 aromatic heterocycles. The zero-order valence-corrected chi connectivity index (χ0v) is 13.5. The molecule has 0 spiro atoms. The fourth-order valence-corrected chi connectivity index (χ4v) is 3.20. The van der Waals surface area contributed by atoms with E-state index < -0.39 is 5.60 Å². The quantitative estimate of drug-likeness (QED) is 0.931. The highest BCUT2D eigenvalue weighted by Crippen LogP contribution is 2.28. The average molecular weight is 299 g/mol. The van der Waals surface area contributed by atoms with Crippen LogP contribution >= 0.6 is 0 Å². The van der Waals surface area contributed by atoms with Gasteiger partial charge in [-0.1, -0.05) is 24.3 Å². The summed E-state index contributed by atoms with van der Waals surface area (Å²) >= 11 is 0. The smallest absolute Gasteiger partial charge is 0.134 e. The van der Waals surface area contributed by atoms with Gasteiger partial charge in [-0.3, -0.25) is 4.90 Å². The molecule has 22 heavy (non-hydrogen) atoms. The van der Waals surface area contributed by atoms with E-state index in [1.165, 1.54) is 11.1 Å². The van der Waals surface area contributed by atoms with Crippen molar-refractivity contribution in [2.45, 2.75) is 45.3 Å². The molecule has 1 aliphatic heterocycles. The van der Waals surface area contributed by atoms with Crippen molar-refractivity contribution in [1.29, 1.82) is 0 Å². The highest BCUT2D eigenvalue weighted by molar-refractivity contribution is 5.62. The Morgan fingerprint density at radius 2 is 1.95 bits per heavy atom. The summed E-state index contributed by atoms with van der Waals surface area (Å²) in [5, 5.41) is 10.2. The lowest BCUT2D eigenvalue weighted by Crippen LogP contribution is -2.28. The monoisotopic (exact) mass is 299 g/mol. The molecule has 0 radical (unpaired) electrons. The zero-order valence-electron chi connectivity index (χ0n) is 13.5. The Bertz CT molecular complexity index is 630. The van der Waals surface area contributed by atoms with Gasteiger partial charge in [0.2, 0.25) is 0 Å². The standard InChI is InChI=1S/C19H25NO2/c1-15-8-9-18(22-15)17-7-4-3-6-16(17)14-20-12-5-10-19(2,21)11-13-20/h3-4,6-9,21H,5,10-14H2,1-2H3. The first-order chi connectivity index (χ1) is 10.5. The summed E-state index contributed by atoms with van der Waals surface area (Å²) in [5.41, 5.74) is 1.96. The zero-order chi connectivity index (χ0) is 15.6. The van der Waals surface area contributed by atoms with Crippen LogP contribution in [0.1, 0.15) is 37.5 Å². The Hall–Kier alpha value is -1.58. The molecule has 2 aromatic rings. The number of furan rings is 1. The molecular formula is C19H25NO2. The van der Waals surface area contributed by atoms with Gasteiger partial charge in [0, 0.05) is 18.7 Å². The third-order valence-corrected chi connectivity index (χ3v) is 4.57. The molecular weight excluding hydrogens is 274 g/mol. The van der Waals surface area contributed by atoms with Crippen LogP contribution in [0.2, 0.25) is 0 Å². The molecule has 0 aliphatic carbocycles. The molecule has 0 bridgehead atoms. The largest absolute Gasteiger partial charge is 0.461 e. The van der Waals surface area contributed by atoms with E-state index in [2.05, 4.69) is 29.2 Å². The Kier molecular flexibility index (Phi) is 4.37. The van der Waals surface area contributed by atoms with Crippen molar-refractivity contribution in [2.24, 2.45) is 0 Å². The highest BCUT2D eigenvalue weighted by Gasteiger charge is 2.25. The predicted octanol–water partition coefficient (Wildman–Crippen LogP) is 3.99. The van der Waals surface area contributed by atoms with Gasteiger partial charge in [-0.05, 0) is 57.4 Å². The summed E-state index contributed by atoms with van der Waals surface area (Å²) in [6, 6.07) is 12.5. The number of nitrogens with zero attached hydrogens (tertiary/aromatic N) is 1. The molecule has 3 nitrogen and oxygen atoms in total. The molecule has 1 saturated heterocycles. The number of hydrogen-bond acceptors (Lipinski definition) is 3. The number of benzene rings is 1. The summed E-state index contributed by atoms with van der Waals surface area (Å²) in [6.45, 7) is 6.82. The molecule has 2 heterocycles. The van der Waals surface area contributed by atoms with Crippen LogP contribution in [0, 0.1) is 6.92 Å². The second-order valence-electron chi connectivity index (χ2n) is 6.69. The molecule has 1 N–H and O–H groups in total. The third-order valence-electron chi connectivity index (χ3n) is 4.57. The van der Waals surface area contributed by atoms with Crippen LogP contribution in [-0.2, 0) is 6.54 Å². The summed E-state index contributed by atoms with van der Waals surface area (Å²) in [7, 11) is 0. The predicted molar refractivity (Wildman–Crippen MR) is 88.6 cm³/mol. The summed E-state index contributed by atoms with van der Waals surface area (Å²) in [5.74, 6) is 1.88. The first-order valence-corrected chi connectivity index (χ1v) is 8.13. The van der Waals surface area contributed by atoms with Crippen LogP contribution in [0.4, 0.5) is 0 Å². The number of likely N-dealkylation sites (tertiary alicyclic amines) is 1. The van der Waals surface area contributed by atoms with Gasteiger partial charge in [0.05, 0.1) is 5.60 Å². The minimum Gasteiger partial charge on any atom is -0.461 e. The molecule has 1 atom stereocenters. The molecule has 1 unspecified atom stereocenters. The normalized spacial score (nSPS) is 23.4. The number of aliphatic hydroxyl groups is 1. The topological polar surface area (TPSA) is 36.6 Å². The number of hydrogen-bond donors (Lipinski definition) is 1. The maximum Gasteiger partial charge on any atom is 0.134 e. The lowest BCUT2D eigenvalue weighted by Gasteiger charge is -2.23. The van der Waals surface area contributed by atoms with Crippen LogP contribution in [0.25, 0.3) is 11.3 Å². The Labute approximate surface area is 132 Å². The van der Waals surface area contributed by atoms with E-state index >= 15 is 0 Å². The second kappa shape index (κ2) is 6.27. The molecule has 0 amide bonds. The van der Waals surface area contributed by atoms with E-state index in [1.54, 1.807) is 0 Å². The van der Waals surface area contributed by atoms with Crippen LogP contribution < -0.4 is 0 Å². The van der Waals surface area contributed by atoms with Gasteiger partial charge in [0.25, 0.3) is 0 Å². The minimum atomic E-state index is -0.508. The molecule has 118 valence electrons. The fraction of sp³-hybridized carbons (Fsp3) is 0.474. The van der Waals surface area contributed by atoms with E-state index in [0.29, 0.717) is 0 Å². The lowest BCUT2D eigenvalue weighted by atomic mass is 9.98. The van der Waals surface area contributed by atoms with Gasteiger partial charge in [-0.2, -0.15) is 0 Å².